The van der Waals surface area contributed by atoms with E-state index in [1.807, 2.05) is 30.5 Å². The van der Waals surface area contributed by atoms with Gasteiger partial charge in [0.05, 0.1) is 16.6 Å². The number of nitrogens with zero attached hydrogens (tertiary/aromatic N) is 5. The average Bonchev–Trinajstić information content (AvgIpc) is 3.93. The van der Waals surface area contributed by atoms with Crippen LogP contribution in [0.15, 0.2) is 217 Å². The van der Waals surface area contributed by atoms with Crippen molar-refractivity contribution in [2.75, 3.05) is 0 Å². The molecule has 64 heavy (non-hydrogen) atoms. The van der Waals surface area contributed by atoms with Gasteiger partial charge < -0.3 is 8.98 Å². The maximum atomic E-state index is 6.50. The number of aromatic nitrogens is 5. The molecule has 6 nitrogen and oxygen atoms in total. The number of furan rings is 1. The lowest BCUT2D eigenvalue weighted by atomic mass is 9.95. The van der Waals surface area contributed by atoms with Gasteiger partial charge in [-0.05, 0) is 98.4 Å². The van der Waals surface area contributed by atoms with Gasteiger partial charge in [0.15, 0.2) is 17.5 Å². The van der Waals surface area contributed by atoms with Crippen LogP contribution in [0, 0.1) is 0 Å². The average molecular weight is 818 g/mol. The summed E-state index contributed by atoms with van der Waals surface area (Å²) >= 11 is 0. The smallest absolute Gasteiger partial charge is 0.167 e. The predicted molar refractivity (Wildman–Crippen MR) is 261 cm³/mol. The molecule has 9 aromatic carbocycles. The van der Waals surface area contributed by atoms with Crippen molar-refractivity contribution in [3.63, 3.8) is 0 Å². The molecular weight excluding hydrogens is 783 g/mol. The van der Waals surface area contributed by atoms with Crippen LogP contribution in [0.4, 0.5) is 0 Å². The maximum absolute atomic E-state index is 6.50. The van der Waals surface area contributed by atoms with Gasteiger partial charge >= 0.3 is 0 Å². The van der Waals surface area contributed by atoms with E-state index in [2.05, 4.69) is 185 Å². The van der Waals surface area contributed by atoms with E-state index >= 15 is 0 Å². The minimum absolute atomic E-state index is 0.528. The molecule has 13 aromatic rings. The van der Waals surface area contributed by atoms with Crippen molar-refractivity contribution in [3.8, 4) is 62.1 Å². The molecular formula is C58H35N5O. The number of para-hydroxylation sites is 2. The molecule has 0 radical (unpaired) electrons. The van der Waals surface area contributed by atoms with Crippen LogP contribution in [0.25, 0.3) is 127 Å². The highest BCUT2D eigenvalue weighted by atomic mass is 16.3. The minimum Gasteiger partial charge on any atom is -0.455 e. The molecule has 13 rings (SSSR count). The van der Waals surface area contributed by atoms with E-state index < -0.39 is 0 Å². The van der Waals surface area contributed by atoms with Crippen molar-refractivity contribution in [1.82, 2.24) is 24.5 Å². The molecule has 298 valence electrons. The summed E-state index contributed by atoms with van der Waals surface area (Å²) in [5.74, 6) is 1.67. The summed E-state index contributed by atoms with van der Waals surface area (Å²) in [4.78, 5) is 20.1. The Hall–Kier alpha value is -8.74. The third-order valence-corrected chi connectivity index (χ3v) is 12.5. The summed E-state index contributed by atoms with van der Waals surface area (Å²) in [6, 6.07) is 70.5. The Morgan fingerprint density at radius 3 is 1.94 bits per heavy atom. The fourth-order valence-corrected chi connectivity index (χ4v) is 9.53. The fourth-order valence-electron chi connectivity index (χ4n) is 9.53. The highest BCUT2D eigenvalue weighted by Crippen LogP contribution is 2.40. The second-order valence-corrected chi connectivity index (χ2v) is 16.2. The standard InChI is InChI=1S/C58H35N5O/c1-2-12-37(13-3-1)49-34-42(33-40-15-5-6-18-44(40)49)57-60-56(61-58(62-57)48-22-11-21-46-50-35-59-31-30-53(50)64-55(46)48)41-17-10-16-39(32-41)36-24-27-43(28-25-36)63-51-23-9-8-20-47(51)54-45-19-7-4-14-38(45)26-29-52(54)63/h1-35H. The monoisotopic (exact) mass is 817 g/mol. The van der Waals surface area contributed by atoms with Crippen molar-refractivity contribution >= 4 is 65.3 Å². The topological polar surface area (TPSA) is 69.6 Å². The lowest BCUT2D eigenvalue weighted by Gasteiger charge is -2.13. The largest absolute Gasteiger partial charge is 0.455 e. The lowest BCUT2D eigenvalue weighted by molar-refractivity contribution is 0.669. The first-order valence-electron chi connectivity index (χ1n) is 21.4. The zero-order valence-electron chi connectivity index (χ0n) is 34.4. The van der Waals surface area contributed by atoms with Crippen LogP contribution in [0.3, 0.4) is 0 Å². The van der Waals surface area contributed by atoms with Gasteiger partial charge in [-0.25, -0.2) is 15.0 Å². The first-order chi connectivity index (χ1) is 31.7. The van der Waals surface area contributed by atoms with Crippen LogP contribution in [-0.4, -0.2) is 24.5 Å². The summed E-state index contributed by atoms with van der Waals surface area (Å²) < 4.78 is 8.88. The van der Waals surface area contributed by atoms with Crippen LogP contribution in [0.5, 0.6) is 0 Å². The van der Waals surface area contributed by atoms with E-state index in [1.165, 1.54) is 32.6 Å². The lowest BCUT2D eigenvalue weighted by Crippen LogP contribution is -2.01. The molecule has 4 aromatic heterocycles. The number of hydrogen-bond donors (Lipinski definition) is 0. The summed E-state index contributed by atoms with van der Waals surface area (Å²) in [6.45, 7) is 0. The van der Waals surface area contributed by atoms with E-state index in [0.717, 1.165) is 71.8 Å². The van der Waals surface area contributed by atoms with Gasteiger partial charge in [-0.3, -0.25) is 4.98 Å². The van der Waals surface area contributed by atoms with Crippen molar-refractivity contribution in [1.29, 1.82) is 0 Å². The Bertz CT molecular complexity index is 3960. The Kier molecular flexibility index (Phi) is 8.11. The molecule has 0 aliphatic carbocycles. The van der Waals surface area contributed by atoms with Crippen LogP contribution >= 0.6 is 0 Å². The molecule has 0 aliphatic rings. The van der Waals surface area contributed by atoms with E-state index in [0.29, 0.717) is 23.1 Å². The van der Waals surface area contributed by atoms with Gasteiger partial charge in [0, 0.05) is 50.8 Å². The van der Waals surface area contributed by atoms with E-state index in [9.17, 15) is 0 Å². The number of hydrogen-bond acceptors (Lipinski definition) is 5. The van der Waals surface area contributed by atoms with Crippen molar-refractivity contribution in [3.05, 3.63) is 213 Å². The second-order valence-electron chi connectivity index (χ2n) is 16.2. The van der Waals surface area contributed by atoms with Gasteiger partial charge in [0.25, 0.3) is 0 Å². The molecule has 0 spiro atoms. The van der Waals surface area contributed by atoms with Crippen LogP contribution in [0.2, 0.25) is 0 Å². The predicted octanol–water partition coefficient (Wildman–Crippen LogP) is 14.9. The Morgan fingerprint density at radius 2 is 1.06 bits per heavy atom. The number of fused-ring (bicyclic) bond motifs is 9. The number of pyridine rings is 1. The Labute approximate surface area is 367 Å². The quantitative estimate of drug-likeness (QED) is 0.167. The van der Waals surface area contributed by atoms with Crippen LogP contribution in [0.1, 0.15) is 0 Å². The molecule has 0 N–H and O–H groups in total. The first-order valence-corrected chi connectivity index (χ1v) is 21.4. The molecule has 0 saturated carbocycles. The minimum atomic E-state index is 0.528. The molecule has 0 fully saturated rings. The zero-order chi connectivity index (χ0) is 42.1. The molecule has 0 saturated heterocycles. The van der Waals surface area contributed by atoms with E-state index in [1.54, 1.807) is 6.20 Å². The fraction of sp³-hybridized carbons (Fsp3) is 0. The molecule has 6 heteroatoms. The molecule has 0 aliphatic heterocycles. The molecule has 0 bridgehead atoms. The molecule has 0 unspecified atom stereocenters. The van der Waals surface area contributed by atoms with Crippen molar-refractivity contribution in [2.24, 2.45) is 0 Å². The highest BCUT2D eigenvalue weighted by molar-refractivity contribution is 6.21. The highest BCUT2D eigenvalue weighted by Gasteiger charge is 2.20. The van der Waals surface area contributed by atoms with Gasteiger partial charge in [-0.15, -0.1) is 0 Å². The third kappa shape index (κ3) is 5.81. The zero-order valence-corrected chi connectivity index (χ0v) is 34.4. The maximum Gasteiger partial charge on any atom is 0.167 e. The molecule has 0 atom stereocenters. The summed E-state index contributed by atoms with van der Waals surface area (Å²) in [6.07, 6.45) is 3.60. The van der Waals surface area contributed by atoms with Crippen LogP contribution < -0.4 is 0 Å². The first kappa shape index (κ1) is 36.0. The van der Waals surface area contributed by atoms with Gasteiger partial charge in [-0.2, -0.15) is 0 Å². The Balaban J connectivity index is 0.958. The summed E-state index contributed by atoms with van der Waals surface area (Å²) in [5.41, 5.74) is 11.9. The van der Waals surface area contributed by atoms with Gasteiger partial charge in [-0.1, -0.05) is 146 Å². The third-order valence-electron chi connectivity index (χ3n) is 12.5. The normalized spacial score (nSPS) is 11.8. The van der Waals surface area contributed by atoms with Crippen molar-refractivity contribution in [2.45, 2.75) is 0 Å². The van der Waals surface area contributed by atoms with E-state index in [4.69, 9.17) is 19.4 Å². The van der Waals surface area contributed by atoms with Crippen molar-refractivity contribution < 1.29 is 4.42 Å². The van der Waals surface area contributed by atoms with Crippen LogP contribution in [-0.2, 0) is 0 Å². The second kappa shape index (κ2) is 14.4. The Morgan fingerprint density at radius 1 is 0.375 bits per heavy atom. The number of benzene rings is 9. The molecule has 4 heterocycles. The number of rotatable bonds is 6. The van der Waals surface area contributed by atoms with Gasteiger partial charge in [0.2, 0.25) is 0 Å². The summed E-state index contributed by atoms with van der Waals surface area (Å²) in [7, 11) is 0. The SMILES string of the molecule is c1ccc(-c2cc(-c3nc(-c4cccc(-c5ccc(-n6c7ccccc7c7c8ccccc8ccc76)cc5)c4)nc(-c4cccc5c4oc4ccncc45)n3)cc3ccccc23)cc1. The summed E-state index contributed by atoms with van der Waals surface area (Å²) in [5, 5.41) is 9.20. The van der Waals surface area contributed by atoms with E-state index in [-0.39, 0.29) is 0 Å². The van der Waals surface area contributed by atoms with Gasteiger partial charge in [0.1, 0.15) is 11.2 Å². The molecule has 0 amide bonds.